The Hall–Kier alpha value is -2.35. The van der Waals surface area contributed by atoms with Crippen molar-refractivity contribution in [3.05, 3.63) is 41.1 Å². The molecule has 25 heavy (non-hydrogen) atoms. The first-order valence-corrected chi connectivity index (χ1v) is 7.85. The summed E-state index contributed by atoms with van der Waals surface area (Å²) in [5, 5.41) is 5.80. The Bertz CT molecular complexity index is 729. The summed E-state index contributed by atoms with van der Waals surface area (Å²) in [6, 6.07) is 6.50. The zero-order chi connectivity index (χ0) is 18.6. The molecule has 1 aromatic carbocycles. The molecule has 2 N–H and O–H groups in total. The van der Waals surface area contributed by atoms with E-state index >= 15 is 0 Å². The lowest BCUT2D eigenvalue weighted by Gasteiger charge is -2.15. The van der Waals surface area contributed by atoms with E-state index in [1.165, 1.54) is 0 Å². The molecule has 0 fully saturated rings. The monoisotopic (exact) mass is 353 g/mol. The molecule has 0 saturated heterocycles. The van der Waals surface area contributed by atoms with Crippen LogP contribution in [0.5, 0.6) is 0 Å². The number of anilines is 3. The van der Waals surface area contributed by atoms with Crippen molar-refractivity contribution in [2.45, 2.75) is 20.0 Å². The van der Waals surface area contributed by atoms with E-state index in [1.54, 1.807) is 6.07 Å². The molecule has 136 valence electrons. The van der Waals surface area contributed by atoms with Crippen LogP contribution in [0.1, 0.15) is 16.8 Å². The van der Waals surface area contributed by atoms with Gasteiger partial charge in [-0.25, -0.2) is 4.98 Å². The van der Waals surface area contributed by atoms with Gasteiger partial charge in [-0.05, 0) is 45.1 Å². The zero-order valence-electron chi connectivity index (χ0n) is 14.7. The van der Waals surface area contributed by atoms with Gasteiger partial charge in [0.25, 0.3) is 0 Å². The lowest BCUT2D eigenvalue weighted by atomic mass is 10.1. The molecule has 2 aromatic rings. The van der Waals surface area contributed by atoms with E-state index in [9.17, 15) is 13.2 Å². The van der Waals surface area contributed by atoms with Crippen LogP contribution in [-0.2, 0) is 6.18 Å². The largest absolute Gasteiger partial charge is 0.433 e. The van der Waals surface area contributed by atoms with Crippen molar-refractivity contribution in [2.24, 2.45) is 0 Å². The topological polar surface area (TPSA) is 53.1 Å². The maximum absolute atomic E-state index is 13.1. The summed E-state index contributed by atoms with van der Waals surface area (Å²) in [6.45, 7) is 4.94. The van der Waals surface area contributed by atoms with Crippen LogP contribution in [0.15, 0.2) is 24.3 Å². The number of halogens is 3. The van der Waals surface area contributed by atoms with Gasteiger partial charge in [0.05, 0.1) is 0 Å². The molecule has 0 amide bonds. The highest BCUT2D eigenvalue weighted by Crippen LogP contribution is 2.31. The third-order valence-corrected chi connectivity index (χ3v) is 3.73. The molecule has 0 aliphatic rings. The van der Waals surface area contributed by atoms with Gasteiger partial charge in [-0.3, -0.25) is 0 Å². The fourth-order valence-electron chi connectivity index (χ4n) is 2.15. The van der Waals surface area contributed by atoms with Crippen LogP contribution in [0.3, 0.4) is 0 Å². The van der Waals surface area contributed by atoms with Crippen LogP contribution in [0.2, 0.25) is 0 Å². The number of hydrogen-bond acceptors (Lipinski definition) is 5. The predicted octanol–water partition coefficient (Wildman–Crippen LogP) is 3.83. The number of aryl methyl sites for hydroxylation is 1. The minimum absolute atomic E-state index is 0.0514. The minimum Gasteiger partial charge on any atom is -0.353 e. The van der Waals surface area contributed by atoms with E-state index in [2.05, 4.69) is 20.6 Å². The van der Waals surface area contributed by atoms with Crippen LogP contribution in [0.4, 0.5) is 30.6 Å². The Morgan fingerprint density at radius 3 is 2.48 bits per heavy atom. The highest BCUT2D eigenvalue weighted by molar-refractivity contribution is 5.63. The Balaban J connectivity index is 2.31. The highest BCUT2D eigenvalue weighted by atomic mass is 19.4. The van der Waals surface area contributed by atoms with E-state index in [4.69, 9.17) is 0 Å². The number of likely N-dealkylation sites (N-methyl/N-ethyl adjacent to an activating group) is 1. The van der Waals surface area contributed by atoms with E-state index < -0.39 is 11.9 Å². The smallest absolute Gasteiger partial charge is 0.353 e. The lowest BCUT2D eigenvalue weighted by molar-refractivity contribution is -0.141. The fourth-order valence-corrected chi connectivity index (χ4v) is 2.15. The Kier molecular flexibility index (Phi) is 5.84. The van der Waals surface area contributed by atoms with Crippen molar-refractivity contribution in [1.29, 1.82) is 0 Å². The van der Waals surface area contributed by atoms with Crippen molar-refractivity contribution in [2.75, 3.05) is 37.8 Å². The first kappa shape index (κ1) is 19.0. The second-order valence-corrected chi connectivity index (χ2v) is 6.06. The normalized spacial score (nSPS) is 11.7. The summed E-state index contributed by atoms with van der Waals surface area (Å²) in [6.07, 6.45) is -4.54. The van der Waals surface area contributed by atoms with Crippen molar-refractivity contribution in [3.8, 4) is 0 Å². The van der Waals surface area contributed by atoms with Gasteiger partial charge >= 0.3 is 6.18 Å². The number of hydrogen-bond donors (Lipinski definition) is 2. The zero-order valence-corrected chi connectivity index (χ0v) is 14.7. The molecule has 2 rings (SSSR count). The summed E-state index contributed by atoms with van der Waals surface area (Å²) >= 11 is 0. The second kappa shape index (κ2) is 7.69. The van der Waals surface area contributed by atoms with Gasteiger partial charge in [0.15, 0.2) is 5.69 Å². The van der Waals surface area contributed by atoms with Gasteiger partial charge < -0.3 is 15.5 Å². The van der Waals surface area contributed by atoms with Crippen LogP contribution < -0.4 is 10.6 Å². The molecule has 0 bridgehead atoms. The number of nitrogens with zero attached hydrogens (tertiary/aromatic N) is 3. The molecular weight excluding hydrogens is 331 g/mol. The molecule has 0 atom stereocenters. The SMILES string of the molecule is Cc1cccc(Nc2cc(C(F)(F)F)nc(NCCN(C)C)n2)c1C. The molecule has 8 heteroatoms. The molecule has 0 aliphatic carbocycles. The summed E-state index contributed by atoms with van der Waals surface area (Å²) < 4.78 is 39.4. The van der Waals surface area contributed by atoms with E-state index in [1.807, 2.05) is 45.0 Å². The van der Waals surface area contributed by atoms with Crippen molar-refractivity contribution < 1.29 is 13.2 Å². The molecule has 5 nitrogen and oxygen atoms in total. The molecule has 0 radical (unpaired) electrons. The second-order valence-electron chi connectivity index (χ2n) is 6.06. The molecule has 0 spiro atoms. The van der Waals surface area contributed by atoms with E-state index in [0.29, 0.717) is 18.8 Å². The summed E-state index contributed by atoms with van der Waals surface area (Å²) in [5.41, 5.74) is 1.73. The standard InChI is InChI=1S/C17H22F3N5/c1-11-6-5-7-13(12(11)2)22-15-10-14(17(18,19)20)23-16(24-15)21-8-9-25(3)4/h5-7,10H,8-9H2,1-4H3,(H2,21,22,23,24). The molecule has 1 heterocycles. The molecule has 1 aromatic heterocycles. The third kappa shape index (κ3) is 5.32. The Morgan fingerprint density at radius 1 is 1.12 bits per heavy atom. The van der Waals surface area contributed by atoms with E-state index in [0.717, 1.165) is 17.2 Å². The average molecular weight is 353 g/mol. The first-order valence-electron chi connectivity index (χ1n) is 7.85. The van der Waals surface area contributed by atoms with Crippen LogP contribution in [-0.4, -0.2) is 42.1 Å². The summed E-state index contributed by atoms with van der Waals surface area (Å²) in [4.78, 5) is 9.65. The molecular formula is C17H22F3N5. The maximum atomic E-state index is 13.1. The van der Waals surface area contributed by atoms with Crippen LogP contribution >= 0.6 is 0 Å². The van der Waals surface area contributed by atoms with Gasteiger partial charge in [0.2, 0.25) is 5.95 Å². The Labute approximate surface area is 145 Å². The quantitative estimate of drug-likeness (QED) is 0.827. The fraction of sp³-hybridized carbons (Fsp3) is 0.412. The maximum Gasteiger partial charge on any atom is 0.433 e. The number of aromatic nitrogens is 2. The van der Waals surface area contributed by atoms with Crippen LogP contribution in [0.25, 0.3) is 0 Å². The average Bonchev–Trinajstić information content (AvgIpc) is 2.50. The Morgan fingerprint density at radius 2 is 1.84 bits per heavy atom. The van der Waals surface area contributed by atoms with Crippen molar-refractivity contribution in [3.63, 3.8) is 0 Å². The van der Waals surface area contributed by atoms with Crippen molar-refractivity contribution in [1.82, 2.24) is 14.9 Å². The minimum atomic E-state index is -4.54. The summed E-state index contributed by atoms with van der Waals surface area (Å²) in [7, 11) is 3.75. The summed E-state index contributed by atoms with van der Waals surface area (Å²) in [5.74, 6) is 0.0489. The third-order valence-electron chi connectivity index (χ3n) is 3.73. The number of alkyl halides is 3. The van der Waals surface area contributed by atoms with E-state index in [-0.39, 0.29) is 11.8 Å². The molecule has 0 saturated carbocycles. The van der Waals surface area contributed by atoms with Gasteiger partial charge in [-0.1, -0.05) is 12.1 Å². The van der Waals surface area contributed by atoms with Gasteiger partial charge in [-0.15, -0.1) is 0 Å². The van der Waals surface area contributed by atoms with Gasteiger partial charge in [-0.2, -0.15) is 18.2 Å². The van der Waals surface area contributed by atoms with Gasteiger partial charge in [0.1, 0.15) is 5.82 Å². The van der Waals surface area contributed by atoms with Crippen molar-refractivity contribution >= 4 is 17.5 Å². The highest BCUT2D eigenvalue weighted by Gasteiger charge is 2.33. The molecule has 0 unspecified atom stereocenters. The van der Waals surface area contributed by atoms with Gasteiger partial charge in [0, 0.05) is 24.8 Å². The molecule has 0 aliphatic heterocycles. The number of nitrogens with one attached hydrogen (secondary N) is 2. The van der Waals surface area contributed by atoms with Crippen LogP contribution in [0, 0.1) is 13.8 Å². The number of benzene rings is 1. The predicted molar refractivity (Wildman–Crippen MR) is 93.3 cm³/mol. The number of rotatable bonds is 6. The first-order chi connectivity index (χ1) is 11.7. The lowest BCUT2D eigenvalue weighted by Crippen LogP contribution is -2.22.